The number of nitrogens with zero attached hydrogens (tertiary/aromatic N) is 3. The summed E-state index contributed by atoms with van der Waals surface area (Å²) in [5.41, 5.74) is 0.709. The third-order valence-corrected chi connectivity index (χ3v) is 4.31. The van der Waals surface area contributed by atoms with Gasteiger partial charge in [0, 0.05) is 11.6 Å². The summed E-state index contributed by atoms with van der Waals surface area (Å²) in [6, 6.07) is 9.43. The van der Waals surface area contributed by atoms with Gasteiger partial charge in [0.1, 0.15) is 11.6 Å². The number of anilines is 1. The van der Waals surface area contributed by atoms with E-state index in [4.69, 9.17) is 9.15 Å². The van der Waals surface area contributed by atoms with E-state index in [1.807, 2.05) is 0 Å². The van der Waals surface area contributed by atoms with Gasteiger partial charge in [0.25, 0.3) is 10.9 Å². The van der Waals surface area contributed by atoms with Crippen LogP contribution in [0.3, 0.4) is 0 Å². The molecular weight excluding hydrogens is 391 g/mol. The molecular formula is C17H13FN4O5S. The lowest BCUT2D eigenvalue weighted by Gasteiger charge is -2.09. The number of rotatable bonds is 7. The highest BCUT2D eigenvalue weighted by atomic mass is 32.2. The Morgan fingerprint density at radius 1 is 1.29 bits per heavy atom. The normalized spacial score (nSPS) is 10.5. The van der Waals surface area contributed by atoms with Crippen molar-refractivity contribution in [2.45, 2.75) is 5.22 Å². The first-order valence-electron chi connectivity index (χ1n) is 7.81. The number of hydrogen-bond acceptors (Lipinski definition) is 8. The second kappa shape index (κ2) is 8.48. The fourth-order valence-electron chi connectivity index (χ4n) is 2.19. The minimum absolute atomic E-state index is 0.0365. The third kappa shape index (κ3) is 4.62. The van der Waals surface area contributed by atoms with Crippen LogP contribution in [0.1, 0.15) is 0 Å². The number of hydrogen-bond donors (Lipinski definition) is 1. The van der Waals surface area contributed by atoms with Gasteiger partial charge < -0.3 is 14.5 Å². The van der Waals surface area contributed by atoms with E-state index < -0.39 is 10.8 Å². The lowest BCUT2D eigenvalue weighted by molar-refractivity contribution is -0.384. The molecule has 0 spiro atoms. The Labute approximate surface area is 162 Å². The number of methoxy groups -OCH3 is 1. The molecule has 3 rings (SSSR count). The highest BCUT2D eigenvalue weighted by Gasteiger charge is 2.15. The van der Waals surface area contributed by atoms with Crippen molar-refractivity contribution in [3.8, 4) is 17.2 Å². The van der Waals surface area contributed by atoms with Crippen LogP contribution in [0.5, 0.6) is 5.75 Å². The van der Waals surface area contributed by atoms with E-state index in [0.717, 1.165) is 11.8 Å². The molecule has 0 fully saturated rings. The Kier molecular flexibility index (Phi) is 5.84. The van der Waals surface area contributed by atoms with Gasteiger partial charge in [-0.15, -0.1) is 10.2 Å². The number of nitro benzene ring substituents is 1. The van der Waals surface area contributed by atoms with Gasteiger partial charge in [-0.05, 0) is 30.3 Å². The van der Waals surface area contributed by atoms with Crippen molar-refractivity contribution in [3.05, 3.63) is 58.4 Å². The fourth-order valence-corrected chi connectivity index (χ4v) is 2.75. The summed E-state index contributed by atoms with van der Waals surface area (Å²) in [6.45, 7) is 0. The van der Waals surface area contributed by atoms with Crippen LogP contribution < -0.4 is 10.1 Å². The number of ether oxygens (including phenoxy) is 1. The molecule has 11 heteroatoms. The summed E-state index contributed by atoms with van der Waals surface area (Å²) < 4.78 is 23.5. The number of aromatic nitrogens is 2. The van der Waals surface area contributed by atoms with Gasteiger partial charge in [0.15, 0.2) is 0 Å². The number of thioether (sulfide) groups is 1. The topological polar surface area (TPSA) is 120 Å². The summed E-state index contributed by atoms with van der Waals surface area (Å²) in [6.07, 6.45) is 0. The zero-order valence-corrected chi connectivity index (χ0v) is 15.2. The van der Waals surface area contributed by atoms with Crippen LogP contribution in [-0.4, -0.2) is 33.9 Å². The first kappa shape index (κ1) is 19.3. The predicted octanol–water partition coefficient (Wildman–Crippen LogP) is 3.52. The molecule has 0 aliphatic heterocycles. The van der Waals surface area contributed by atoms with Gasteiger partial charge >= 0.3 is 0 Å². The molecule has 0 radical (unpaired) electrons. The number of amides is 1. The maximum Gasteiger partial charge on any atom is 0.277 e. The van der Waals surface area contributed by atoms with Gasteiger partial charge in [-0.3, -0.25) is 14.9 Å². The lowest BCUT2D eigenvalue weighted by Crippen LogP contribution is -2.14. The molecule has 0 aliphatic rings. The number of carbonyl (C=O) groups is 1. The maximum atomic E-state index is 13.0. The predicted molar refractivity (Wildman–Crippen MR) is 98.7 cm³/mol. The molecule has 0 saturated carbocycles. The highest BCUT2D eigenvalue weighted by Crippen LogP contribution is 2.29. The molecule has 0 unspecified atom stereocenters. The number of nitrogens with one attached hydrogen (secondary N) is 1. The molecule has 1 amide bonds. The molecule has 2 aromatic carbocycles. The molecule has 0 aliphatic carbocycles. The van der Waals surface area contributed by atoms with Crippen LogP contribution in [0.4, 0.5) is 15.8 Å². The van der Waals surface area contributed by atoms with Crippen molar-refractivity contribution in [3.63, 3.8) is 0 Å². The summed E-state index contributed by atoms with van der Waals surface area (Å²) in [5.74, 6) is -0.427. The van der Waals surface area contributed by atoms with Crippen LogP contribution in [-0.2, 0) is 4.79 Å². The third-order valence-electron chi connectivity index (χ3n) is 3.49. The average molecular weight is 404 g/mol. The van der Waals surface area contributed by atoms with E-state index >= 15 is 0 Å². The lowest BCUT2D eigenvalue weighted by atomic mass is 10.2. The van der Waals surface area contributed by atoms with Crippen molar-refractivity contribution >= 4 is 29.0 Å². The molecule has 28 heavy (non-hydrogen) atoms. The van der Waals surface area contributed by atoms with Crippen molar-refractivity contribution < 1.29 is 23.3 Å². The number of halogens is 1. The number of carbonyl (C=O) groups excluding carboxylic acids is 1. The van der Waals surface area contributed by atoms with E-state index in [1.165, 1.54) is 49.6 Å². The zero-order chi connectivity index (χ0) is 20.1. The SMILES string of the molecule is COc1cc([N+](=O)[O-])ccc1NC(=O)CSc1nnc(-c2ccc(F)cc2)o1. The Morgan fingerprint density at radius 2 is 2.04 bits per heavy atom. The fraction of sp³-hybridized carbons (Fsp3) is 0.118. The number of nitro groups is 1. The first-order valence-corrected chi connectivity index (χ1v) is 8.79. The molecule has 0 saturated heterocycles. The molecule has 0 atom stereocenters. The van der Waals surface area contributed by atoms with Crippen LogP contribution in [0.25, 0.3) is 11.5 Å². The quantitative estimate of drug-likeness (QED) is 0.361. The van der Waals surface area contributed by atoms with Crippen molar-refractivity contribution in [2.75, 3.05) is 18.2 Å². The molecule has 1 N–H and O–H groups in total. The van der Waals surface area contributed by atoms with Crippen molar-refractivity contribution in [2.24, 2.45) is 0 Å². The van der Waals surface area contributed by atoms with Crippen LogP contribution >= 0.6 is 11.8 Å². The van der Waals surface area contributed by atoms with Crippen LogP contribution in [0, 0.1) is 15.9 Å². The summed E-state index contributed by atoms with van der Waals surface area (Å²) in [4.78, 5) is 22.4. The van der Waals surface area contributed by atoms with E-state index in [1.54, 1.807) is 0 Å². The van der Waals surface area contributed by atoms with E-state index in [-0.39, 0.29) is 34.1 Å². The minimum atomic E-state index is -0.557. The molecule has 144 valence electrons. The molecule has 0 bridgehead atoms. The monoisotopic (exact) mass is 404 g/mol. The second-order valence-electron chi connectivity index (χ2n) is 5.36. The van der Waals surface area contributed by atoms with E-state index in [2.05, 4.69) is 15.5 Å². The first-order chi connectivity index (χ1) is 13.5. The Bertz CT molecular complexity index is 1010. The average Bonchev–Trinajstić information content (AvgIpc) is 3.16. The summed E-state index contributed by atoms with van der Waals surface area (Å²) >= 11 is 1.01. The largest absolute Gasteiger partial charge is 0.494 e. The molecule has 3 aromatic rings. The maximum absolute atomic E-state index is 13.0. The molecule has 9 nitrogen and oxygen atoms in total. The van der Waals surface area contributed by atoms with Gasteiger partial charge in [0.2, 0.25) is 11.8 Å². The molecule has 1 heterocycles. The van der Waals surface area contributed by atoms with E-state index in [0.29, 0.717) is 11.3 Å². The van der Waals surface area contributed by atoms with Crippen LogP contribution in [0.2, 0.25) is 0 Å². The van der Waals surface area contributed by atoms with Crippen molar-refractivity contribution in [1.82, 2.24) is 10.2 Å². The van der Waals surface area contributed by atoms with Crippen LogP contribution in [0.15, 0.2) is 52.1 Å². The standard InChI is InChI=1S/C17H13FN4O5S/c1-26-14-8-12(22(24)25)6-7-13(14)19-15(23)9-28-17-21-20-16(27-17)10-2-4-11(18)5-3-10/h2-8H,9H2,1H3,(H,19,23). The highest BCUT2D eigenvalue weighted by molar-refractivity contribution is 7.99. The van der Waals surface area contributed by atoms with Gasteiger partial charge in [0.05, 0.1) is 29.5 Å². The smallest absolute Gasteiger partial charge is 0.277 e. The van der Waals surface area contributed by atoms with Crippen molar-refractivity contribution in [1.29, 1.82) is 0 Å². The minimum Gasteiger partial charge on any atom is -0.494 e. The Morgan fingerprint density at radius 3 is 2.71 bits per heavy atom. The number of benzene rings is 2. The van der Waals surface area contributed by atoms with Gasteiger partial charge in [-0.2, -0.15) is 0 Å². The van der Waals surface area contributed by atoms with E-state index in [9.17, 15) is 19.3 Å². The van der Waals surface area contributed by atoms with Gasteiger partial charge in [-0.25, -0.2) is 4.39 Å². The Balaban J connectivity index is 1.60. The van der Waals surface area contributed by atoms with Gasteiger partial charge in [-0.1, -0.05) is 11.8 Å². The zero-order valence-electron chi connectivity index (χ0n) is 14.4. The number of non-ortho nitro benzene ring substituents is 1. The second-order valence-corrected chi connectivity index (χ2v) is 6.29. The molecule has 1 aromatic heterocycles. The Hall–Kier alpha value is -3.47. The summed E-state index contributed by atoms with van der Waals surface area (Å²) in [5, 5.41) is 21.3. The summed E-state index contributed by atoms with van der Waals surface area (Å²) in [7, 11) is 1.35.